The third-order valence-corrected chi connectivity index (χ3v) is 7.95. The van der Waals surface area contributed by atoms with Crippen molar-refractivity contribution in [1.29, 1.82) is 0 Å². The van der Waals surface area contributed by atoms with Crippen LogP contribution in [0.25, 0.3) is 0 Å². The summed E-state index contributed by atoms with van der Waals surface area (Å²) in [7, 11) is 0. The van der Waals surface area contributed by atoms with Crippen LogP contribution in [0.15, 0.2) is 59.7 Å². The van der Waals surface area contributed by atoms with Crippen LogP contribution in [-0.2, 0) is 22.4 Å². The number of ether oxygens (including phenoxy) is 1. The smallest absolute Gasteiger partial charge is 0.268 e. The van der Waals surface area contributed by atoms with Crippen LogP contribution in [0.4, 0.5) is 11.4 Å². The fourth-order valence-electron chi connectivity index (χ4n) is 4.91. The Bertz CT molecular complexity index is 1680. The summed E-state index contributed by atoms with van der Waals surface area (Å²) in [6, 6.07) is 15.4. The number of carbonyl (C=O) groups excluding carboxylic acids is 3. The molecular formula is C34H37Cl3N4O4S. The van der Waals surface area contributed by atoms with Crippen LogP contribution in [0.1, 0.15) is 63.0 Å². The normalized spacial score (nSPS) is 15.1. The molecule has 244 valence electrons. The highest BCUT2D eigenvalue weighted by Gasteiger charge is 2.37. The van der Waals surface area contributed by atoms with Crippen LogP contribution < -0.4 is 20.4 Å². The third-order valence-electron chi connectivity index (χ3n) is 6.69. The van der Waals surface area contributed by atoms with Crippen molar-refractivity contribution in [2.75, 3.05) is 16.9 Å². The van der Waals surface area contributed by atoms with Gasteiger partial charge in [0.05, 0.1) is 10.0 Å². The van der Waals surface area contributed by atoms with Crippen molar-refractivity contribution in [3.63, 3.8) is 0 Å². The zero-order valence-electron chi connectivity index (χ0n) is 26.5. The highest BCUT2D eigenvalue weighted by molar-refractivity contribution is 7.82. The van der Waals surface area contributed by atoms with Crippen molar-refractivity contribution < 1.29 is 19.1 Å². The van der Waals surface area contributed by atoms with E-state index in [4.69, 9.17) is 39.5 Å². The minimum absolute atomic E-state index is 0.0113. The van der Waals surface area contributed by atoms with Crippen LogP contribution in [-0.4, -0.2) is 35.4 Å². The summed E-state index contributed by atoms with van der Waals surface area (Å²) in [6.07, 6.45) is 1.72. The summed E-state index contributed by atoms with van der Waals surface area (Å²) in [5.74, 6) is -0.843. The van der Waals surface area contributed by atoms with E-state index < -0.39 is 17.1 Å². The Morgan fingerprint density at radius 2 is 1.57 bits per heavy atom. The largest absolute Gasteiger partial charge is 0.483 e. The second-order valence-corrected chi connectivity index (χ2v) is 15.3. The molecule has 0 saturated heterocycles. The lowest BCUT2D eigenvalue weighted by molar-refractivity contribution is -0.118. The van der Waals surface area contributed by atoms with Crippen molar-refractivity contribution in [1.82, 2.24) is 5.32 Å². The maximum atomic E-state index is 13.1. The van der Waals surface area contributed by atoms with Crippen LogP contribution in [0.3, 0.4) is 0 Å². The Balaban J connectivity index is 1.42. The Morgan fingerprint density at radius 1 is 0.913 bits per heavy atom. The fourth-order valence-corrected chi connectivity index (χ4v) is 6.11. The third kappa shape index (κ3) is 9.41. The van der Waals surface area contributed by atoms with Crippen LogP contribution in [0, 0.1) is 10.8 Å². The number of rotatable bonds is 8. The molecule has 3 aromatic carbocycles. The van der Waals surface area contributed by atoms with E-state index >= 15 is 0 Å². The molecule has 1 unspecified atom stereocenters. The van der Waals surface area contributed by atoms with Gasteiger partial charge in [0.15, 0.2) is 12.4 Å². The number of benzene rings is 3. The van der Waals surface area contributed by atoms with Gasteiger partial charge in [-0.1, -0.05) is 94.5 Å². The number of hydrazone groups is 1. The van der Waals surface area contributed by atoms with Crippen LogP contribution in [0.5, 0.6) is 5.75 Å². The van der Waals surface area contributed by atoms with Gasteiger partial charge in [-0.15, -0.1) is 5.10 Å². The first-order valence-electron chi connectivity index (χ1n) is 14.6. The number of amidine groups is 1. The molecule has 1 atom stereocenters. The summed E-state index contributed by atoms with van der Waals surface area (Å²) in [4.78, 5) is 38.9. The second-order valence-electron chi connectivity index (χ2n) is 13.5. The van der Waals surface area contributed by atoms with Crippen molar-refractivity contribution in [2.45, 2.75) is 59.6 Å². The number of hydrogen-bond acceptors (Lipinski definition) is 6. The van der Waals surface area contributed by atoms with Crippen molar-refractivity contribution in [2.24, 2.45) is 15.9 Å². The van der Waals surface area contributed by atoms with Gasteiger partial charge in [-0.3, -0.25) is 14.4 Å². The van der Waals surface area contributed by atoms with Gasteiger partial charge >= 0.3 is 0 Å². The predicted octanol–water partition coefficient (Wildman–Crippen LogP) is 8.23. The maximum Gasteiger partial charge on any atom is 0.268 e. The van der Waals surface area contributed by atoms with Crippen LogP contribution in [0.2, 0.25) is 15.1 Å². The molecule has 0 aromatic heterocycles. The molecule has 2 N–H and O–H groups in total. The Kier molecular flexibility index (Phi) is 11.0. The van der Waals surface area contributed by atoms with Gasteiger partial charge in [-0.2, -0.15) is 17.6 Å². The lowest BCUT2D eigenvalue weighted by Gasteiger charge is -2.23. The highest BCUT2D eigenvalue weighted by Crippen LogP contribution is 2.39. The molecule has 1 heterocycles. The van der Waals surface area contributed by atoms with Crippen molar-refractivity contribution in [3.05, 3.63) is 86.4 Å². The molecule has 46 heavy (non-hydrogen) atoms. The van der Waals surface area contributed by atoms with Gasteiger partial charge in [0, 0.05) is 16.3 Å². The molecule has 1 aliphatic heterocycles. The van der Waals surface area contributed by atoms with Crippen LogP contribution >= 0.6 is 47.4 Å². The lowest BCUT2D eigenvalue weighted by atomic mass is 9.84. The summed E-state index contributed by atoms with van der Waals surface area (Å²) in [5, 5.41) is 10.0. The number of thiol groups is 1. The Hall–Kier alpha value is -3.24. The Morgan fingerprint density at radius 3 is 2.20 bits per heavy atom. The first kappa shape index (κ1) is 35.6. The number of anilines is 2. The average molecular weight is 704 g/mol. The second kappa shape index (κ2) is 14.3. The number of carbonyl (C=O) groups is 3. The van der Waals surface area contributed by atoms with Crippen molar-refractivity contribution in [3.8, 4) is 5.75 Å². The molecule has 3 aromatic rings. The van der Waals surface area contributed by atoms with E-state index in [1.54, 1.807) is 18.2 Å². The molecule has 0 spiro atoms. The molecule has 1 aliphatic rings. The molecule has 0 saturated carbocycles. The molecule has 8 nitrogen and oxygen atoms in total. The van der Waals surface area contributed by atoms with Gasteiger partial charge < -0.3 is 15.4 Å². The first-order valence-corrected chi connectivity index (χ1v) is 16.3. The average Bonchev–Trinajstić information content (AvgIpc) is 3.18. The zero-order valence-corrected chi connectivity index (χ0v) is 29.7. The fraction of sp³-hybridized carbons (Fsp3) is 0.353. The molecule has 12 heteroatoms. The standard InChI is InChI=1S/C34H37Cl3N4O4S/c1-33(2,3)16-19-10-11-26(21(12-19)17-34(4,5)6)45-18-27(42)38-23-9-7-8-20(13-23)31(43)39-30-29(46)32(44)41(40-30)28-24(36)14-22(35)15-25(28)37/h7-15,29,46H,16-18H2,1-6H3,(H,38,42)(H,39,40,43). The van der Waals surface area contributed by atoms with Gasteiger partial charge in [0.2, 0.25) is 0 Å². The van der Waals surface area contributed by atoms with Gasteiger partial charge in [-0.25, -0.2) is 0 Å². The lowest BCUT2D eigenvalue weighted by Crippen LogP contribution is -2.37. The number of amides is 3. The number of nitrogens with zero attached hydrogens (tertiary/aromatic N) is 2. The molecular weight excluding hydrogens is 667 g/mol. The predicted molar refractivity (Wildman–Crippen MR) is 190 cm³/mol. The quantitative estimate of drug-likeness (QED) is 0.206. The monoisotopic (exact) mass is 702 g/mol. The summed E-state index contributed by atoms with van der Waals surface area (Å²) >= 11 is 22.8. The molecule has 3 amide bonds. The summed E-state index contributed by atoms with van der Waals surface area (Å²) in [5.41, 5.74) is 3.18. The highest BCUT2D eigenvalue weighted by atomic mass is 35.5. The van der Waals surface area contributed by atoms with Crippen molar-refractivity contribution >= 4 is 82.4 Å². The first-order chi connectivity index (χ1) is 21.4. The summed E-state index contributed by atoms with van der Waals surface area (Å²) in [6.45, 7) is 12.9. The number of hydrogen-bond donors (Lipinski definition) is 3. The molecule has 0 bridgehead atoms. The van der Waals surface area contributed by atoms with Gasteiger partial charge in [0.25, 0.3) is 17.7 Å². The maximum absolute atomic E-state index is 13.1. The molecule has 0 radical (unpaired) electrons. The topological polar surface area (TPSA) is 100 Å². The van der Waals surface area contributed by atoms with E-state index in [1.165, 1.54) is 23.8 Å². The van der Waals surface area contributed by atoms with E-state index in [-0.39, 0.29) is 50.5 Å². The molecule has 4 rings (SSSR count). The SMILES string of the molecule is CC(C)(C)Cc1ccc(OCC(=O)Nc2cccc(C(=O)NC3=NN(c4c(Cl)cc(Cl)cc4Cl)C(=O)C3S)c2)c(CC(C)(C)C)c1. The number of nitrogens with one attached hydrogen (secondary N) is 2. The van der Waals surface area contributed by atoms with E-state index in [9.17, 15) is 14.4 Å². The Labute approximate surface area is 290 Å². The van der Waals surface area contributed by atoms with Gasteiger partial charge in [0.1, 0.15) is 16.7 Å². The zero-order chi connectivity index (χ0) is 34.0. The molecule has 0 aliphatic carbocycles. The minimum atomic E-state index is -1.07. The van der Waals surface area contributed by atoms with Gasteiger partial charge in [-0.05, 0) is 71.2 Å². The summed E-state index contributed by atoms with van der Waals surface area (Å²) < 4.78 is 5.98. The number of halogens is 3. The van der Waals surface area contributed by atoms with E-state index in [1.807, 2.05) is 12.1 Å². The van der Waals surface area contributed by atoms with E-state index in [0.717, 1.165) is 23.4 Å². The van der Waals surface area contributed by atoms with E-state index in [2.05, 4.69) is 76.0 Å². The van der Waals surface area contributed by atoms with E-state index in [0.29, 0.717) is 16.5 Å². The molecule has 0 fully saturated rings. The minimum Gasteiger partial charge on any atom is -0.483 e.